The van der Waals surface area contributed by atoms with E-state index in [4.69, 9.17) is 0 Å². The lowest BCUT2D eigenvalue weighted by molar-refractivity contribution is -0.129. The van der Waals surface area contributed by atoms with Gasteiger partial charge in [0.25, 0.3) is 0 Å². The Hall–Kier alpha value is -1.35. The Morgan fingerprint density at radius 2 is 1.85 bits per heavy atom. The Labute approximate surface area is 122 Å². The van der Waals surface area contributed by atoms with Crippen LogP contribution in [-0.4, -0.2) is 23.4 Å². The van der Waals surface area contributed by atoms with Crippen molar-refractivity contribution in [3.63, 3.8) is 0 Å². The molecule has 2 unspecified atom stereocenters. The highest BCUT2D eigenvalue weighted by molar-refractivity contribution is 5.84. The summed E-state index contributed by atoms with van der Waals surface area (Å²) in [5.74, 6) is 0.227. The summed E-state index contributed by atoms with van der Waals surface area (Å²) in [4.78, 5) is 14.3. The Bertz CT molecular complexity index is 441. The highest BCUT2D eigenvalue weighted by Crippen LogP contribution is 2.26. The fourth-order valence-corrected chi connectivity index (χ4v) is 2.76. The van der Waals surface area contributed by atoms with Crippen LogP contribution in [0.5, 0.6) is 0 Å². The van der Waals surface area contributed by atoms with E-state index in [-0.39, 0.29) is 18.1 Å². The normalized spacial score (nSPS) is 22.6. The van der Waals surface area contributed by atoms with Crippen LogP contribution >= 0.6 is 0 Å². The van der Waals surface area contributed by atoms with E-state index >= 15 is 0 Å². The zero-order valence-electron chi connectivity index (χ0n) is 12.9. The third-order valence-electron chi connectivity index (χ3n) is 4.08. The summed E-state index contributed by atoms with van der Waals surface area (Å²) in [7, 11) is 0. The van der Waals surface area contributed by atoms with Crippen LogP contribution < -0.4 is 5.32 Å². The van der Waals surface area contributed by atoms with Crippen LogP contribution in [0.25, 0.3) is 0 Å². The molecule has 0 radical (unpaired) electrons. The highest BCUT2D eigenvalue weighted by Gasteiger charge is 2.36. The molecule has 0 saturated carbocycles. The van der Waals surface area contributed by atoms with Crippen molar-refractivity contribution in [2.24, 2.45) is 0 Å². The first-order chi connectivity index (χ1) is 9.67. The van der Waals surface area contributed by atoms with E-state index in [2.05, 4.69) is 43.4 Å². The van der Waals surface area contributed by atoms with Crippen LogP contribution in [0.4, 0.5) is 0 Å². The number of rotatable bonds is 6. The average molecular weight is 274 g/mol. The summed E-state index contributed by atoms with van der Waals surface area (Å²) in [5.41, 5.74) is 2.53. The van der Waals surface area contributed by atoms with Crippen LogP contribution in [0.15, 0.2) is 24.3 Å². The number of unbranched alkanes of at least 4 members (excludes halogenated alkanes) is 2. The van der Waals surface area contributed by atoms with E-state index in [1.165, 1.54) is 24.0 Å². The number of aryl methyl sites for hydroxylation is 1. The van der Waals surface area contributed by atoms with Gasteiger partial charge in [-0.2, -0.15) is 0 Å². The molecule has 2 rings (SSSR count). The minimum Gasteiger partial charge on any atom is -0.322 e. The molecule has 1 aliphatic heterocycles. The molecule has 0 aromatic heterocycles. The van der Waals surface area contributed by atoms with E-state index in [1.807, 2.05) is 11.8 Å². The Balaban J connectivity index is 2.12. The molecule has 1 N–H and O–H groups in total. The van der Waals surface area contributed by atoms with Gasteiger partial charge < -0.3 is 4.90 Å². The molecule has 1 saturated heterocycles. The SMILES string of the molecule is CCCCCN1C(=O)C(C)NC1c1ccc(CC)cc1. The molecule has 0 spiro atoms. The van der Waals surface area contributed by atoms with Gasteiger partial charge in [0.2, 0.25) is 5.91 Å². The van der Waals surface area contributed by atoms with Gasteiger partial charge in [0.15, 0.2) is 0 Å². The molecule has 1 aliphatic rings. The number of hydrogen-bond acceptors (Lipinski definition) is 2. The minimum atomic E-state index is -0.0764. The summed E-state index contributed by atoms with van der Waals surface area (Å²) in [6, 6.07) is 8.54. The van der Waals surface area contributed by atoms with Crippen molar-refractivity contribution in [1.82, 2.24) is 10.2 Å². The van der Waals surface area contributed by atoms with Gasteiger partial charge in [0.05, 0.1) is 6.04 Å². The number of hydrogen-bond donors (Lipinski definition) is 1. The van der Waals surface area contributed by atoms with Crippen molar-refractivity contribution in [2.75, 3.05) is 6.54 Å². The standard InChI is InChI=1S/C17H26N2O/c1-4-6-7-12-19-16(18-13(3)17(19)20)15-10-8-14(5-2)9-11-15/h8-11,13,16,18H,4-7,12H2,1-3H3. The average Bonchev–Trinajstić information content (AvgIpc) is 2.76. The van der Waals surface area contributed by atoms with E-state index in [0.717, 1.165) is 19.4 Å². The molecule has 1 amide bonds. The minimum absolute atomic E-state index is 0.0419. The van der Waals surface area contributed by atoms with E-state index in [1.54, 1.807) is 0 Å². The van der Waals surface area contributed by atoms with Gasteiger partial charge in [-0.25, -0.2) is 0 Å². The van der Waals surface area contributed by atoms with Crippen LogP contribution in [0.1, 0.15) is 57.3 Å². The molecule has 110 valence electrons. The van der Waals surface area contributed by atoms with E-state index in [0.29, 0.717) is 0 Å². The van der Waals surface area contributed by atoms with Crippen molar-refractivity contribution in [3.05, 3.63) is 35.4 Å². The molecule has 1 fully saturated rings. The number of nitrogens with one attached hydrogen (secondary N) is 1. The lowest BCUT2D eigenvalue weighted by atomic mass is 10.1. The van der Waals surface area contributed by atoms with Crippen molar-refractivity contribution in [1.29, 1.82) is 0 Å². The monoisotopic (exact) mass is 274 g/mol. The molecular weight excluding hydrogens is 248 g/mol. The van der Waals surface area contributed by atoms with Crippen LogP contribution in [0.2, 0.25) is 0 Å². The third kappa shape index (κ3) is 3.21. The number of carbonyl (C=O) groups excluding carboxylic acids is 1. The van der Waals surface area contributed by atoms with Gasteiger partial charge >= 0.3 is 0 Å². The van der Waals surface area contributed by atoms with Gasteiger partial charge in [0, 0.05) is 6.54 Å². The number of nitrogens with zero attached hydrogens (tertiary/aromatic N) is 1. The maximum absolute atomic E-state index is 12.3. The van der Waals surface area contributed by atoms with Gasteiger partial charge in [-0.3, -0.25) is 10.1 Å². The summed E-state index contributed by atoms with van der Waals surface area (Å²) in [6.07, 6.45) is 4.54. The van der Waals surface area contributed by atoms with Gasteiger partial charge in [0.1, 0.15) is 6.17 Å². The molecule has 0 aliphatic carbocycles. The van der Waals surface area contributed by atoms with Crippen molar-refractivity contribution >= 4 is 5.91 Å². The molecule has 1 heterocycles. The number of benzene rings is 1. The Morgan fingerprint density at radius 1 is 1.15 bits per heavy atom. The predicted molar refractivity (Wildman–Crippen MR) is 82.4 cm³/mol. The zero-order chi connectivity index (χ0) is 14.5. The lowest BCUT2D eigenvalue weighted by Gasteiger charge is -2.24. The second-order valence-corrected chi connectivity index (χ2v) is 5.62. The fourth-order valence-electron chi connectivity index (χ4n) is 2.76. The molecule has 3 nitrogen and oxygen atoms in total. The Morgan fingerprint density at radius 3 is 2.45 bits per heavy atom. The highest BCUT2D eigenvalue weighted by atomic mass is 16.2. The van der Waals surface area contributed by atoms with Gasteiger partial charge in [-0.05, 0) is 30.9 Å². The summed E-state index contributed by atoms with van der Waals surface area (Å²) >= 11 is 0. The molecule has 1 aromatic rings. The van der Waals surface area contributed by atoms with E-state index < -0.39 is 0 Å². The maximum Gasteiger partial charge on any atom is 0.241 e. The topological polar surface area (TPSA) is 32.3 Å². The van der Waals surface area contributed by atoms with Crippen LogP contribution in [0, 0.1) is 0 Å². The summed E-state index contributed by atoms with van der Waals surface area (Å²) < 4.78 is 0. The third-order valence-corrected chi connectivity index (χ3v) is 4.08. The number of amides is 1. The fraction of sp³-hybridized carbons (Fsp3) is 0.588. The molecular formula is C17H26N2O. The van der Waals surface area contributed by atoms with Crippen LogP contribution in [-0.2, 0) is 11.2 Å². The second kappa shape index (κ2) is 6.89. The molecule has 20 heavy (non-hydrogen) atoms. The van der Waals surface area contributed by atoms with Gasteiger partial charge in [-0.15, -0.1) is 0 Å². The first kappa shape index (κ1) is 15.0. The van der Waals surface area contributed by atoms with Crippen molar-refractivity contribution in [2.45, 2.75) is 58.7 Å². The first-order valence-electron chi connectivity index (χ1n) is 7.82. The van der Waals surface area contributed by atoms with Gasteiger partial charge in [-0.1, -0.05) is 51.0 Å². The quantitative estimate of drug-likeness (QED) is 0.808. The zero-order valence-corrected chi connectivity index (χ0v) is 12.9. The molecule has 0 bridgehead atoms. The number of carbonyl (C=O) groups is 1. The second-order valence-electron chi connectivity index (χ2n) is 5.62. The predicted octanol–water partition coefficient (Wildman–Crippen LogP) is 3.26. The van der Waals surface area contributed by atoms with Crippen LogP contribution in [0.3, 0.4) is 0 Å². The largest absolute Gasteiger partial charge is 0.322 e. The smallest absolute Gasteiger partial charge is 0.241 e. The summed E-state index contributed by atoms with van der Waals surface area (Å²) in [6.45, 7) is 7.15. The molecule has 2 atom stereocenters. The lowest BCUT2D eigenvalue weighted by Crippen LogP contribution is -2.31. The first-order valence-corrected chi connectivity index (χ1v) is 7.82. The van der Waals surface area contributed by atoms with Crippen molar-refractivity contribution < 1.29 is 4.79 Å². The summed E-state index contributed by atoms with van der Waals surface area (Å²) in [5, 5.41) is 3.41. The maximum atomic E-state index is 12.3. The van der Waals surface area contributed by atoms with Crippen molar-refractivity contribution in [3.8, 4) is 0 Å². The van der Waals surface area contributed by atoms with E-state index in [9.17, 15) is 4.79 Å². The molecule has 1 aromatic carbocycles. The molecule has 3 heteroatoms. The Kier molecular flexibility index (Phi) is 5.18.